The van der Waals surface area contributed by atoms with Crippen molar-refractivity contribution in [3.05, 3.63) is 62.4 Å². The molecular weight excluding hydrogens is 412 g/mol. The molecule has 0 saturated carbocycles. The molecule has 4 nitrogen and oxygen atoms in total. The second kappa shape index (κ2) is 6.94. The summed E-state index contributed by atoms with van der Waals surface area (Å²) >= 11 is 4.98. The molecule has 0 atom stereocenters. The highest BCUT2D eigenvalue weighted by Gasteiger charge is 2.17. The molecule has 2 aromatic carbocycles. The average Bonchev–Trinajstić information content (AvgIpc) is 3.29. The van der Waals surface area contributed by atoms with Crippen molar-refractivity contribution in [1.29, 1.82) is 5.26 Å². The van der Waals surface area contributed by atoms with E-state index in [-0.39, 0.29) is 6.79 Å². The first-order valence-electron chi connectivity index (χ1n) is 7.88. The van der Waals surface area contributed by atoms with Gasteiger partial charge in [0.1, 0.15) is 11.1 Å². The van der Waals surface area contributed by atoms with Crippen LogP contribution in [-0.4, -0.2) is 11.8 Å². The lowest BCUT2D eigenvalue weighted by Gasteiger charge is -2.02. The Kier molecular flexibility index (Phi) is 4.49. The Morgan fingerprint density at radius 1 is 1.23 bits per heavy atom. The lowest BCUT2D eigenvalue weighted by Crippen LogP contribution is -1.92. The van der Waals surface area contributed by atoms with Gasteiger partial charge in [0.25, 0.3) is 0 Å². The molecule has 4 rings (SSSR count). The van der Waals surface area contributed by atoms with Gasteiger partial charge in [-0.2, -0.15) is 5.26 Å². The molecule has 0 N–H and O–H groups in total. The summed E-state index contributed by atoms with van der Waals surface area (Å²) < 4.78 is 11.6. The molecule has 0 fully saturated rings. The summed E-state index contributed by atoms with van der Waals surface area (Å²) in [5.74, 6) is 1.37. The number of rotatable bonds is 3. The zero-order valence-corrected chi connectivity index (χ0v) is 16.2. The minimum atomic E-state index is 0.215. The first-order valence-corrected chi connectivity index (χ1v) is 9.55. The number of ether oxygens (including phenoxy) is 2. The molecule has 0 spiro atoms. The first-order chi connectivity index (χ1) is 12.6. The maximum Gasteiger partial charge on any atom is 0.231 e. The number of fused-ring (bicyclic) bond motifs is 1. The molecule has 1 aromatic heterocycles. The van der Waals surface area contributed by atoms with Gasteiger partial charge in [-0.3, -0.25) is 0 Å². The summed E-state index contributed by atoms with van der Waals surface area (Å²) in [5, 5.41) is 12.3. The number of aromatic nitrogens is 1. The third-order valence-corrected chi connectivity index (χ3v) is 5.56. The molecule has 1 aliphatic heterocycles. The van der Waals surface area contributed by atoms with Gasteiger partial charge in [-0.15, -0.1) is 11.3 Å². The number of nitrogens with zero attached hydrogens (tertiary/aromatic N) is 2. The van der Waals surface area contributed by atoms with E-state index in [9.17, 15) is 5.26 Å². The van der Waals surface area contributed by atoms with Crippen LogP contribution in [-0.2, 0) is 0 Å². The first kappa shape index (κ1) is 16.8. The van der Waals surface area contributed by atoms with E-state index in [1.54, 1.807) is 0 Å². The van der Waals surface area contributed by atoms with E-state index in [0.29, 0.717) is 22.1 Å². The van der Waals surface area contributed by atoms with E-state index < -0.39 is 0 Å². The lowest BCUT2D eigenvalue weighted by atomic mass is 10.1. The minimum absolute atomic E-state index is 0.215. The number of nitriles is 1. The van der Waals surface area contributed by atoms with Crippen LogP contribution in [0.15, 0.2) is 46.3 Å². The van der Waals surface area contributed by atoms with Crippen molar-refractivity contribution in [3.63, 3.8) is 0 Å². The number of halogens is 1. The summed E-state index contributed by atoms with van der Waals surface area (Å²) in [6.45, 7) is 2.27. The highest BCUT2D eigenvalue weighted by Crippen LogP contribution is 2.38. The molecule has 3 aromatic rings. The number of hydrogen-bond donors (Lipinski definition) is 0. The molecule has 0 unspecified atom stereocenters. The van der Waals surface area contributed by atoms with Gasteiger partial charge >= 0.3 is 0 Å². The molecule has 2 heterocycles. The zero-order chi connectivity index (χ0) is 18.1. The summed E-state index contributed by atoms with van der Waals surface area (Å²) in [5.41, 5.74) is 4.47. The van der Waals surface area contributed by atoms with Gasteiger partial charge in [0, 0.05) is 15.4 Å². The summed E-state index contributed by atoms with van der Waals surface area (Å²) in [6.07, 6.45) is 1.81. The molecule has 128 valence electrons. The van der Waals surface area contributed by atoms with Crippen molar-refractivity contribution in [2.24, 2.45) is 0 Å². The average molecular weight is 425 g/mol. The fourth-order valence-corrected chi connectivity index (χ4v) is 3.83. The third-order valence-electron chi connectivity index (χ3n) is 3.99. The van der Waals surface area contributed by atoms with Crippen LogP contribution >= 0.6 is 27.3 Å². The Bertz CT molecular complexity index is 1050. The molecule has 0 amide bonds. The van der Waals surface area contributed by atoms with Crippen molar-refractivity contribution < 1.29 is 9.47 Å². The van der Waals surface area contributed by atoms with E-state index in [1.807, 2.05) is 35.7 Å². The van der Waals surface area contributed by atoms with Crippen LogP contribution in [0.1, 0.15) is 16.1 Å². The number of thiazole rings is 1. The van der Waals surface area contributed by atoms with Gasteiger partial charge in [0.15, 0.2) is 11.5 Å². The predicted molar refractivity (Wildman–Crippen MR) is 106 cm³/mol. The third kappa shape index (κ3) is 3.24. The van der Waals surface area contributed by atoms with Crippen LogP contribution in [0.4, 0.5) is 0 Å². The molecule has 26 heavy (non-hydrogen) atoms. The highest BCUT2D eigenvalue weighted by atomic mass is 79.9. The molecule has 1 aliphatic rings. The fourth-order valence-electron chi connectivity index (χ4n) is 2.60. The van der Waals surface area contributed by atoms with Crippen molar-refractivity contribution in [1.82, 2.24) is 4.98 Å². The van der Waals surface area contributed by atoms with E-state index >= 15 is 0 Å². The summed E-state index contributed by atoms with van der Waals surface area (Å²) in [4.78, 5) is 4.64. The maximum atomic E-state index is 9.62. The van der Waals surface area contributed by atoms with Crippen molar-refractivity contribution >= 4 is 38.9 Å². The van der Waals surface area contributed by atoms with E-state index in [4.69, 9.17) is 9.47 Å². The number of hydrogen-bond acceptors (Lipinski definition) is 5. The predicted octanol–water partition coefficient (Wildman–Crippen LogP) is 5.67. The van der Waals surface area contributed by atoms with E-state index in [2.05, 4.69) is 46.0 Å². The van der Waals surface area contributed by atoms with Gasteiger partial charge in [-0.05, 0) is 30.7 Å². The molecule has 0 aliphatic carbocycles. The highest BCUT2D eigenvalue weighted by molar-refractivity contribution is 9.10. The monoisotopic (exact) mass is 424 g/mol. The van der Waals surface area contributed by atoms with Crippen LogP contribution in [0.3, 0.4) is 0 Å². The largest absolute Gasteiger partial charge is 0.454 e. The van der Waals surface area contributed by atoms with E-state index in [0.717, 1.165) is 21.3 Å². The lowest BCUT2D eigenvalue weighted by molar-refractivity contribution is 0.174. The topological polar surface area (TPSA) is 55.1 Å². The van der Waals surface area contributed by atoms with Crippen molar-refractivity contribution in [2.75, 3.05) is 6.79 Å². The normalized spacial score (nSPS) is 12.9. The van der Waals surface area contributed by atoms with Crippen molar-refractivity contribution in [3.8, 4) is 28.8 Å². The number of benzene rings is 2. The summed E-state index contributed by atoms with van der Waals surface area (Å²) in [6, 6.07) is 14.2. The Morgan fingerprint density at radius 2 is 1.96 bits per heavy atom. The zero-order valence-electron chi connectivity index (χ0n) is 13.8. The molecular formula is C20H13BrN2O2S. The van der Waals surface area contributed by atoms with Crippen LogP contribution in [0.5, 0.6) is 11.5 Å². The maximum absolute atomic E-state index is 9.62. The Labute approximate surface area is 163 Å². The summed E-state index contributed by atoms with van der Waals surface area (Å²) in [7, 11) is 0. The molecule has 0 bridgehead atoms. The number of aryl methyl sites for hydroxylation is 1. The number of allylic oxidation sites excluding steroid dienone is 1. The second-order valence-corrected chi connectivity index (χ2v) is 7.51. The molecule has 0 radical (unpaired) electrons. The van der Waals surface area contributed by atoms with Gasteiger partial charge in [0.05, 0.1) is 11.3 Å². The Hall–Kier alpha value is -2.62. The quantitative estimate of drug-likeness (QED) is 0.507. The second-order valence-electron chi connectivity index (χ2n) is 5.80. The standard InChI is InChI=1S/C20H13BrN2O2S/c1-12-2-4-13(5-3-12)17-10-26-20(23-17)15(9-22)6-14-7-18-19(8-16(14)21)25-11-24-18/h2-8,10H,11H2,1H3/b15-6+. The van der Waals surface area contributed by atoms with E-state index in [1.165, 1.54) is 16.9 Å². The van der Waals surface area contributed by atoms with Crippen LogP contribution < -0.4 is 9.47 Å². The van der Waals surface area contributed by atoms with Crippen LogP contribution in [0, 0.1) is 18.3 Å². The van der Waals surface area contributed by atoms with Crippen LogP contribution in [0.2, 0.25) is 0 Å². The fraction of sp³-hybridized carbons (Fsp3) is 0.100. The Morgan fingerprint density at radius 3 is 2.69 bits per heavy atom. The Balaban J connectivity index is 1.69. The molecule has 6 heteroatoms. The smallest absolute Gasteiger partial charge is 0.231 e. The van der Waals surface area contributed by atoms with Crippen molar-refractivity contribution in [2.45, 2.75) is 6.92 Å². The SMILES string of the molecule is Cc1ccc(-c2csc(/C(C#N)=C/c3cc4c(cc3Br)OCO4)n2)cc1. The van der Waals surface area contributed by atoms with Gasteiger partial charge in [0.2, 0.25) is 6.79 Å². The van der Waals surface area contributed by atoms with Crippen LogP contribution in [0.25, 0.3) is 22.9 Å². The van der Waals surface area contributed by atoms with Gasteiger partial charge in [-0.25, -0.2) is 4.98 Å². The van der Waals surface area contributed by atoms with Gasteiger partial charge in [-0.1, -0.05) is 45.8 Å². The molecule has 0 saturated heterocycles. The van der Waals surface area contributed by atoms with Gasteiger partial charge < -0.3 is 9.47 Å². The minimum Gasteiger partial charge on any atom is -0.454 e.